The van der Waals surface area contributed by atoms with Crippen molar-refractivity contribution in [2.45, 2.75) is 38.1 Å². The zero-order valence-corrected chi connectivity index (χ0v) is 8.54. The van der Waals surface area contributed by atoms with Crippen LogP contribution in [-0.4, -0.2) is 30.6 Å². The summed E-state index contributed by atoms with van der Waals surface area (Å²) < 4.78 is 0. The maximum atomic E-state index is 5.45. The Kier molecular flexibility index (Phi) is 5.09. The van der Waals surface area contributed by atoms with Crippen LogP contribution in [-0.2, 0) is 0 Å². The Morgan fingerprint density at radius 1 is 1.31 bits per heavy atom. The number of nitrogens with zero attached hydrogens (tertiary/aromatic N) is 1. The molecule has 2 N–H and O–H groups in total. The van der Waals surface area contributed by atoms with Gasteiger partial charge in [0.1, 0.15) is 0 Å². The van der Waals surface area contributed by atoms with Crippen molar-refractivity contribution in [3.8, 4) is 0 Å². The minimum atomic E-state index is 0.838. The Bertz CT molecular complexity index is 141. The van der Waals surface area contributed by atoms with Gasteiger partial charge in [-0.25, -0.2) is 0 Å². The first-order valence-corrected chi connectivity index (χ1v) is 5.43. The molecule has 2 nitrogen and oxygen atoms in total. The lowest BCUT2D eigenvalue weighted by molar-refractivity contribution is 0.285. The Balaban J connectivity index is 2.03. The fourth-order valence-electron chi connectivity index (χ4n) is 1.66. The first-order valence-electron chi connectivity index (χ1n) is 5.43. The molecule has 1 fully saturated rings. The van der Waals surface area contributed by atoms with Gasteiger partial charge in [-0.1, -0.05) is 12.5 Å². The first kappa shape index (κ1) is 10.7. The molecule has 0 aliphatic heterocycles. The molecule has 1 saturated carbocycles. The van der Waals surface area contributed by atoms with Crippen LogP contribution < -0.4 is 5.73 Å². The zero-order chi connectivity index (χ0) is 9.52. The minimum absolute atomic E-state index is 0.838. The molecule has 0 saturated heterocycles. The van der Waals surface area contributed by atoms with Crippen molar-refractivity contribution in [3.63, 3.8) is 0 Å². The van der Waals surface area contributed by atoms with E-state index in [1.807, 2.05) is 6.08 Å². The third kappa shape index (κ3) is 4.44. The van der Waals surface area contributed by atoms with E-state index in [-0.39, 0.29) is 0 Å². The van der Waals surface area contributed by atoms with Gasteiger partial charge < -0.3 is 5.73 Å². The molecule has 0 amide bonds. The van der Waals surface area contributed by atoms with Gasteiger partial charge in [0.15, 0.2) is 0 Å². The molecule has 0 bridgehead atoms. The smallest absolute Gasteiger partial charge is 0.0163 e. The minimum Gasteiger partial charge on any atom is -0.330 e. The second-order valence-corrected chi connectivity index (χ2v) is 3.86. The van der Waals surface area contributed by atoms with Crippen molar-refractivity contribution < 1.29 is 0 Å². The summed E-state index contributed by atoms with van der Waals surface area (Å²) in [5.41, 5.74) is 5.45. The van der Waals surface area contributed by atoms with Gasteiger partial charge in [-0.3, -0.25) is 4.90 Å². The van der Waals surface area contributed by atoms with E-state index in [1.165, 1.54) is 38.6 Å². The van der Waals surface area contributed by atoms with Gasteiger partial charge in [-0.2, -0.15) is 0 Å². The predicted octanol–water partition coefficient (Wildman–Crippen LogP) is 1.77. The van der Waals surface area contributed by atoms with E-state index in [0.29, 0.717) is 0 Å². The van der Waals surface area contributed by atoms with Crippen LogP contribution in [0, 0.1) is 0 Å². The fourth-order valence-corrected chi connectivity index (χ4v) is 1.66. The van der Waals surface area contributed by atoms with E-state index in [0.717, 1.165) is 19.1 Å². The molecule has 76 valence electrons. The number of hydrogen-bond donors (Lipinski definition) is 1. The molecule has 13 heavy (non-hydrogen) atoms. The molecule has 0 aromatic heterocycles. The Morgan fingerprint density at radius 3 is 2.62 bits per heavy atom. The van der Waals surface area contributed by atoms with Crippen LogP contribution in [0.5, 0.6) is 0 Å². The molecule has 2 heteroatoms. The lowest BCUT2D eigenvalue weighted by Gasteiger charge is -2.19. The molecular weight excluding hydrogens is 160 g/mol. The van der Waals surface area contributed by atoms with Crippen molar-refractivity contribution >= 4 is 0 Å². The van der Waals surface area contributed by atoms with Crippen molar-refractivity contribution in [1.82, 2.24) is 4.90 Å². The van der Waals surface area contributed by atoms with E-state index in [1.54, 1.807) is 0 Å². The predicted molar refractivity (Wildman–Crippen MR) is 57.7 cm³/mol. The number of hydrogen-bond acceptors (Lipinski definition) is 2. The maximum Gasteiger partial charge on any atom is 0.0163 e. The third-order valence-corrected chi connectivity index (χ3v) is 2.58. The lowest BCUT2D eigenvalue weighted by Crippen LogP contribution is -2.27. The van der Waals surface area contributed by atoms with Gasteiger partial charge in [0, 0.05) is 12.6 Å². The molecular formula is C11H22N2. The summed E-state index contributed by atoms with van der Waals surface area (Å²) >= 11 is 0. The topological polar surface area (TPSA) is 29.3 Å². The van der Waals surface area contributed by atoms with Crippen molar-refractivity contribution in [2.75, 3.05) is 19.6 Å². The van der Waals surface area contributed by atoms with Gasteiger partial charge in [-0.05, 0) is 38.8 Å². The monoisotopic (exact) mass is 182 g/mol. The van der Waals surface area contributed by atoms with Gasteiger partial charge >= 0.3 is 0 Å². The second-order valence-electron chi connectivity index (χ2n) is 3.86. The summed E-state index contributed by atoms with van der Waals surface area (Å²) in [5.74, 6) is 0. The largest absolute Gasteiger partial charge is 0.330 e. The van der Waals surface area contributed by atoms with Crippen LogP contribution >= 0.6 is 0 Å². The molecule has 0 aromatic carbocycles. The molecule has 1 aliphatic rings. The highest BCUT2D eigenvalue weighted by atomic mass is 15.2. The van der Waals surface area contributed by atoms with Crippen LogP contribution in [0.1, 0.15) is 32.1 Å². The number of unbranched alkanes of at least 4 members (excludes halogenated alkanes) is 2. The second kappa shape index (κ2) is 6.17. The standard InChI is InChI=1S/C11H22N2/c1-2-9-13(11-6-7-11)10-5-3-4-8-12/h2,11H,1,3-10,12H2. The highest BCUT2D eigenvalue weighted by Crippen LogP contribution is 2.26. The first-order chi connectivity index (χ1) is 6.38. The Hall–Kier alpha value is -0.340. The molecule has 0 heterocycles. The van der Waals surface area contributed by atoms with Crippen LogP contribution in [0.25, 0.3) is 0 Å². The summed E-state index contributed by atoms with van der Waals surface area (Å²) in [5, 5.41) is 0. The molecule has 0 atom stereocenters. The summed E-state index contributed by atoms with van der Waals surface area (Å²) in [6.07, 6.45) is 8.54. The highest BCUT2D eigenvalue weighted by Gasteiger charge is 2.27. The van der Waals surface area contributed by atoms with Crippen molar-refractivity contribution in [1.29, 1.82) is 0 Å². The maximum absolute atomic E-state index is 5.45. The Labute approximate surface area is 81.8 Å². The molecule has 0 aromatic rings. The van der Waals surface area contributed by atoms with E-state index in [9.17, 15) is 0 Å². The van der Waals surface area contributed by atoms with E-state index in [2.05, 4.69) is 11.5 Å². The van der Waals surface area contributed by atoms with Gasteiger partial charge in [0.25, 0.3) is 0 Å². The highest BCUT2D eigenvalue weighted by molar-refractivity contribution is 4.87. The summed E-state index contributed by atoms with van der Waals surface area (Å²) in [6.45, 7) is 6.93. The van der Waals surface area contributed by atoms with Gasteiger partial charge in [0.2, 0.25) is 0 Å². The van der Waals surface area contributed by atoms with Gasteiger partial charge in [0.05, 0.1) is 0 Å². The average Bonchev–Trinajstić information content (AvgIpc) is 2.93. The van der Waals surface area contributed by atoms with E-state index >= 15 is 0 Å². The molecule has 0 spiro atoms. The van der Waals surface area contributed by atoms with Crippen LogP contribution in [0.15, 0.2) is 12.7 Å². The Morgan fingerprint density at radius 2 is 2.08 bits per heavy atom. The van der Waals surface area contributed by atoms with Gasteiger partial charge in [-0.15, -0.1) is 6.58 Å². The summed E-state index contributed by atoms with van der Waals surface area (Å²) in [6, 6.07) is 0.871. The van der Waals surface area contributed by atoms with Crippen molar-refractivity contribution in [3.05, 3.63) is 12.7 Å². The van der Waals surface area contributed by atoms with Crippen LogP contribution in [0.4, 0.5) is 0 Å². The average molecular weight is 182 g/mol. The quantitative estimate of drug-likeness (QED) is 0.458. The summed E-state index contributed by atoms with van der Waals surface area (Å²) in [7, 11) is 0. The van der Waals surface area contributed by atoms with Crippen molar-refractivity contribution in [2.24, 2.45) is 5.73 Å². The summed E-state index contributed by atoms with van der Waals surface area (Å²) in [4.78, 5) is 2.55. The molecule has 1 aliphatic carbocycles. The van der Waals surface area contributed by atoms with E-state index in [4.69, 9.17) is 5.73 Å². The number of rotatable bonds is 8. The molecule has 1 rings (SSSR count). The fraction of sp³-hybridized carbons (Fsp3) is 0.818. The lowest BCUT2D eigenvalue weighted by atomic mass is 10.2. The molecule has 0 radical (unpaired) electrons. The third-order valence-electron chi connectivity index (χ3n) is 2.58. The van der Waals surface area contributed by atoms with Crippen LogP contribution in [0.3, 0.4) is 0 Å². The SMILES string of the molecule is C=CCN(CCCCCN)C1CC1. The normalized spacial score (nSPS) is 16.5. The zero-order valence-electron chi connectivity index (χ0n) is 8.54. The van der Waals surface area contributed by atoms with Crippen LogP contribution in [0.2, 0.25) is 0 Å². The number of nitrogens with two attached hydrogens (primary N) is 1. The molecule has 0 unspecified atom stereocenters. The van der Waals surface area contributed by atoms with E-state index < -0.39 is 0 Å².